The molecular weight excluding hydrogens is 264 g/mol. The third-order valence-corrected chi connectivity index (χ3v) is 3.28. The fourth-order valence-electron chi connectivity index (χ4n) is 1.91. The van der Waals surface area contributed by atoms with Gasteiger partial charge in [0.2, 0.25) is 0 Å². The van der Waals surface area contributed by atoms with Crippen LogP contribution >= 0.6 is 15.9 Å². The quantitative estimate of drug-likeness (QED) is 0.835. The molecular formula is C13H17BrN2. The molecule has 0 aliphatic carbocycles. The third-order valence-electron chi connectivity index (χ3n) is 2.85. The first-order chi connectivity index (χ1) is 7.65. The molecule has 2 rings (SSSR count). The van der Waals surface area contributed by atoms with Crippen molar-refractivity contribution in [1.29, 1.82) is 0 Å². The highest BCUT2D eigenvalue weighted by atomic mass is 79.9. The Labute approximate surface area is 105 Å². The van der Waals surface area contributed by atoms with Crippen LogP contribution in [0.3, 0.4) is 0 Å². The maximum atomic E-state index is 4.75. The van der Waals surface area contributed by atoms with Crippen LogP contribution in [-0.4, -0.2) is 11.0 Å². The lowest BCUT2D eigenvalue weighted by atomic mass is 10.0. The predicted octanol–water partition coefficient (Wildman–Crippen LogP) is 2.45. The second-order valence-corrected chi connectivity index (χ2v) is 5.67. The van der Waals surface area contributed by atoms with E-state index >= 15 is 0 Å². The topological polar surface area (TPSA) is 25.2 Å². The van der Waals surface area contributed by atoms with E-state index in [0.717, 1.165) is 27.5 Å². The van der Waals surface area contributed by atoms with Gasteiger partial charge in [-0.3, -0.25) is 9.98 Å². The average molecular weight is 281 g/mol. The first-order valence-corrected chi connectivity index (χ1v) is 6.64. The maximum absolute atomic E-state index is 4.75. The van der Waals surface area contributed by atoms with Gasteiger partial charge in [-0.25, -0.2) is 0 Å². The van der Waals surface area contributed by atoms with E-state index in [0.29, 0.717) is 6.04 Å². The molecule has 0 N–H and O–H groups in total. The minimum absolute atomic E-state index is 0.450. The lowest BCUT2D eigenvalue weighted by Crippen LogP contribution is -2.33. The summed E-state index contributed by atoms with van der Waals surface area (Å²) in [5, 5.41) is 2.07. The Bertz CT molecular complexity index is 479. The Morgan fingerprint density at radius 1 is 1.50 bits per heavy atom. The first-order valence-electron chi connectivity index (χ1n) is 5.84. The van der Waals surface area contributed by atoms with Gasteiger partial charge in [0.25, 0.3) is 0 Å². The molecule has 1 atom stereocenters. The highest BCUT2D eigenvalue weighted by molar-refractivity contribution is 9.10. The number of fused-ring (bicyclic) bond motifs is 1. The fourth-order valence-corrected chi connectivity index (χ4v) is 2.22. The van der Waals surface area contributed by atoms with Gasteiger partial charge < -0.3 is 0 Å². The zero-order valence-electron chi connectivity index (χ0n) is 9.78. The molecule has 0 spiro atoms. The SMILES string of the molecule is CC(C)CCC1CC=c2ncc(Br)cc2=N1. The van der Waals surface area contributed by atoms with E-state index in [2.05, 4.69) is 46.9 Å². The molecule has 0 bridgehead atoms. The van der Waals surface area contributed by atoms with Gasteiger partial charge in [-0.05, 0) is 47.2 Å². The second-order valence-electron chi connectivity index (χ2n) is 4.75. The van der Waals surface area contributed by atoms with Crippen molar-refractivity contribution in [3.63, 3.8) is 0 Å². The molecule has 1 unspecified atom stereocenters. The Morgan fingerprint density at radius 3 is 3.06 bits per heavy atom. The van der Waals surface area contributed by atoms with Crippen LogP contribution in [-0.2, 0) is 0 Å². The summed E-state index contributed by atoms with van der Waals surface area (Å²) in [5.41, 5.74) is 0. The zero-order valence-corrected chi connectivity index (χ0v) is 11.4. The highest BCUT2D eigenvalue weighted by Crippen LogP contribution is 2.13. The lowest BCUT2D eigenvalue weighted by Gasteiger charge is -2.14. The fraction of sp³-hybridized carbons (Fsp3) is 0.538. The largest absolute Gasteiger partial charge is 0.279 e. The van der Waals surface area contributed by atoms with Crippen LogP contribution in [0.1, 0.15) is 33.1 Å². The van der Waals surface area contributed by atoms with Crippen LogP contribution < -0.4 is 10.7 Å². The molecule has 0 saturated heterocycles. The molecule has 2 nitrogen and oxygen atoms in total. The minimum atomic E-state index is 0.450. The van der Waals surface area contributed by atoms with Crippen molar-refractivity contribution in [3.8, 4) is 0 Å². The van der Waals surface area contributed by atoms with Crippen LogP contribution in [0, 0.1) is 5.92 Å². The second kappa shape index (κ2) is 5.09. The summed E-state index contributed by atoms with van der Waals surface area (Å²) in [7, 11) is 0. The number of aromatic nitrogens is 1. The Balaban J connectivity index is 2.19. The first kappa shape index (κ1) is 11.8. The Hall–Kier alpha value is -0.700. The maximum Gasteiger partial charge on any atom is 0.0843 e. The summed E-state index contributed by atoms with van der Waals surface area (Å²) >= 11 is 3.44. The highest BCUT2D eigenvalue weighted by Gasteiger charge is 2.10. The van der Waals surface area contributed by atoms with Crippen LogP contribution in [0.25, 0.3) is 6.08 Å². The van der Waals surface area contributed by atoms with Gasteiger partial charge in [-0.15, -0.1) is 0 Å². The number of rotatable bonds is 3. The van der Waals surface area contributed by atoms with Crippen LogP contribution in [0.4, 0.5) is 0 Å². The third kappa shape index (κ3) is 2.91. The molecule has 1 aromatic heterocycles. The Morgan fingerprint density at radius 2 is 2.31 bits per heavy atom. The number of pyridine rings is 1. The number of nitrogens with zero attached hydrogens (tertiary/aromatic N) is 2. The minimum Gasteiger partial charge on any atom is -0.279 e. The summed E-state index contributed by atoms with van der Waals surface area (Å²) in [6.07, 6.45) is 7.51. The van der Waals surface area contributed by atoms with E-state index in [9.17, 15) is 0 Å². The van der Waals surface area contributed by atoms with Crippen LogP contribution in [0.5, 0.6) is 0 Å². The number of halogens is 1. The molecule has 2 heterocycles. The average Bonchev–Trinajstić information content (AvgIpc) is 2.25. The Kier molecular flexibility index (Phi) is 3.74. The summed E-state index contributed by atoms with van der Waals surface area (Å²) in [6, 6.07) is 2.51. The lowest BCUT2D eigenvalue weighted by molar-refractivity contribution is 0.495. The van der Waals surface area contributed by atoms with Crippen molar-refractivity contribution in [3.05, 3.63) is 27.4 Å². The smallest absolute Gasteiger partial charge is 0.0843 e. The van der Waals surface area contributed by atoms with Gasteiger partial charge >= 0.3 is 0 Å². The summed E-state index contributed by atoms with van der Waals surface area (Å²) in [4.78, 5) is 9.11. The van der Waals surface area contributed by atoms with Crippen molar-refractivity contribution in [2.24, 2.45) is 10.9 Å². The molecule has 0 fully saturated rings. The van der Waals surface area contributed by atoms with Crippen LogP contribution in [0.15, 0.2) is 21.7 Å². The molecule has 3 heteroatoms. The van der Waals surface area contributed by atoms with Crippen molar-refractivity contribution < 1.29 is 0 Å². The standard InChI is InChI=1S/C13H17BrN2/c1-9(2)3-4-11-5-6-12-13(16-11)7-10(14)8-15-12/h6-9,11H,3-5H2,1-2H3. The summed E-state index contributed by atoms with van der Waals surface area (Å²) in [5.74, 6) is 0.761. The van der Waals surface area contributed by atoms with Gasteiger partial charge in [-0.2, -0.15) is 0 Å². The van der Waals surface area contributed by atoms with Crippen molar-refractivity contribution in [2.45, 2.75) is 39.2 Å². The molecule has 0 radical (unpaired) electrons. The number of hydrogen-bond donors (Lipinski definition) is 0. The molecule has 1 aliphatic rings. The molecule has 0 saturated carbocycles. The van der Waals surface area contributed by atoms with E-state index in [4.69, 9.17) is 4.99 Å². The van der Waals surface area contributed by atoms with Crippen molar-refractivity contribution in [1.82, 2.24) is 4.98 Å². The molecule has 0 amide bonds. The summed E-state index contributed by atoms with van der Waals surface area (Å²) < 4.78 is 1.01. The molecule has 1 aliphatic heterocycles. The number of hydrogen-bond acceptors (Lipinski definition) is 2. The van der Waals surface area contributed by atoms with Gasteiger partial charge in [0.15, 0.2) is 0 Å². The molecule has 86 valence electrons. The molecule has 1 aromatic rings. The molecule has 0 aromatic carbocycles. The van der Waals surface area contributed by atoms with E-state index < -0.39 is 0 Å². The zero-order chi connectivity index (χ0) is 11.5. The van der Waals surface area contributed by atoms with E-state index in [1.165, 1.54) is 12.8 Å². The van der Waals surface area contributed by atoms with E-state index in [1.54, 1.807) is 0 Å². The van der Waals surface area contributed by atoms with Gasteiger partial charge in [0, 0.05) is 10.7 Å². The van der Waals surface area contributed by atoms with Crippen molar-refractivity contribution >= 4 is 22.0 Å². The van der Waals surface area contributed by atoms with E-state index in [1.807, 2.05) is 6.20 Å². The summed E-state index contributed by atoms with van der Waals surface area (Å²) in [6.45, 7) is 4.53. The normalized spacial score (nSPS) is 18.9. The van der Waals surface area contributed by atoms with Crippen LogP contribution in [0.2, 0.25) is 0 Å². The van der Waals surface area contributed by atoms with Gasteiger partial charge in [0.05, 0.1) is 16.7 Å². The van der Waals surface area contributed by atoms with Crippen molar-refractivity contribution in [2.75, 3.05) is 0 Å². The monoisotopic (exact) mass is 280 g/mol. The van der Waals surface area contributed by atoms with Gasteiger partial charge in [-0.1, -0.05) is 19.9 Å². The predicted molar refractivity (Wildman–Crippen MR) is 69.7 cm³/mol. The van der Waals surface area contributed by atoms with E-state index in [-0.39, 0.29) is 0 Å². The van der Waals surface area contributed by atoms with Gasteiger partial charge in [0.1, 0.15) is 0 Å². The molecule has 16 heavy (non-hydrogen) atoms.